The summed E-state index contributed by atoms with van der Waals surface area (Å²) in [6.07, 6.45) is 2.14. The molecule has 3 aromatic rings. The van der Waals surface area contributed by atoms with Crippen LogP contribution < -0.4 is 5.43 Å². The van der Waals surface area contributed by atoms with Crippen LogP contribution in [0.25, 0.3) is 22.8 Å². The molecule has 0 aliphatic heterocycles. The van der Waals surface area contributed by atoms with Crippen molar-refractivity contribution in [2.45, 2.75) is 0 Å². The lowest BCUT2D eigenvalue weighted by atomic mass is 10.1. The molecule has 0 aliphatic carbocycles. The van der Waals surface area contributed by atoms with Crippen LogP contribution in [0.15, 0.2) is 41.8 Å². The number of carbonyl (C=O) groups is 1. The number of halogens is 3. The van der Waals surface area contributed by atoms with E-state index < -0.39 is 34.4 Å². The number of carbonyl (C=O) groups excluding carboxylic acids is 1. The summed E-state index contributed by atoms with van der Waals surface area (Å²) in [5.74, 6) is -3.59. The Bertz CT molecular complexity index is 1120. The van der Waals surface area contributed by atoms with Gasteiger partial charge in [0.1, 0.15) is 34.4 Å². The van der Waals surface area contributed by atoms with Gasteiger partial charge in [-0.1, -0.05) is 6.58 Å². The van der Waals surface area contributed by atoms with Gasteiger partial charge in [-0.2, -0.15) is 0 Å². The summed E-state index contributed by atoms with van der Waals surface area (Å²) in [6, 6.07) is 3.62. The molecule has 0 saturated carbocycles. The monoisotopic (exact) mass is 360 g/mol. The minimum absolute atomic E-state index is 0.121. The van der Waals surface area contributed by atoms with Crippen LogP contribution in [0.4, 0.5) is 13.2 Å². The van der Waals surface area contributed by atoms with E-state index in [4.69, 9.17) is 0 Å². The molecule has 2 heterocycles. The molecule has 8 heteroatoms. The third-order valence-electron chi connectivity index (χ3n) is 3.73. The van der Waals surface area contributed by atoms with E-state index in [1.165, 1.54) is 0 Å². The standard InChI is InChI=1S/C18H11F3N2O3/c1-3-14-12(20)7-10-16(24)11(18(25)26-2)8-23(17(10)22-14)15-5-4-9(19)6-13(15)21/h3-8H,1H2,2H3. The number of benzene rings is 1. The topological polar surface area (TPSA) is 61.2 Å². The molecule has 26 heavy (non-hydrogen) atoms. The molecule has 0 bridgehead atoms. The number of fused-ring (bicyclic) bond motifs is 1. The highest BCUT2D eigenvalue weighted by molar-refractivity contribution is 5.93. The van der Waals surface area contributed by atoms with E-state index in [1.807, 2.05) is 0 Å². The maximum Gasteiger partial charge on any atom is 0.343 e. The molecule has 0 amide bonds. The van der Waals surface area contributed by atoms with Crippen molar-refractivity contribution in [1.29, 1.82) is 0 Å². The maximum atomic E-state index is 14.3. The molecule has 0 spiro atoms. The summed E-state index contributed by atoms with van der Waals surface area (Å²) in [4.78, 5) is 28.4. The molecular formula is C18H11F3N2O3. The van der Waals surface area contributed by atoms with Gasteiger partial charge in [0, 0.05) is 12.3 Å². The third kappa shape index (κ3) is 2.75. The Morgan fingerprint density at radius 1 is 1.23 bits per heavy atom. The summed E-state index contributed by atoms with van der Waals surface area (Å²) in [6.45, 7) is 3.42. The first-order valence-electron chi connectivity index (χ1n) is 7.29. The highest BCUT2D eigenvalue weighted by Crippen LogP contribution is 2.22. The van der Waals surface area contributed by atoms with Crippen molar-refractivity contribution in [2.75, 3.05) is 7.11 Å². The zero-order valence-electron chi connectivity index (χ0n) is 13.4. The van der Waals surface area contributed by atoms with Crippen LogP contribution in [0, 0.1) is 17.5 Å². The fraction of sp³-hybridized carbons (Fsp3) is 0.0556. The lowest BCUT2D eigenvalue weighted by Crippen LogP contribution is -2.21. The Morgan fingerprint density at radius 3 is 2.58 bits per heavy atom. The number of pyridine rings is 2. The van der Waals surface area contributed by atoms with Crippen LogP contribution in [0.3, 0.4) is 0 Å². The van der Waals surface area contributed by atoms with Crippen molar-refractivity contribution in [3.8, 4) is 5.69 Å². The predicted octanol–water partition coefficient (Wildman–Crippen LogP) is 3.23. The van der Waals surface area contributed by atoms with Crippen molar-refractivity contribution < 1.29 is 22.7 Å². The number of esters is 1. The van der Waals surface area contributed by atoms with Gasteiger partial charge in [0.15, 0.2) is 0 Å². The molecule has 0 atom stereocenters. The number of nitrogens with zero attached hydrogens (tertiary/aromatic N) is 2. The van der Waals surface area contributed by atoms with Gasteiger partial charge in [0.05, 0.1) is 18.2 Å². The fourth-order valence-electron chi connectivity index (χ4n) is 2.50. The summed E-state index contributed by atoms with van der Waals surface area (Å²) >= 11 is 0. The van der Waals surface area contributed by atoms with E-state index in [0.29, 0.717) is 6.07 Å². The lowest BCUT2D eigenvalue weighted by molar-refractivity contribution is 0.0599. The third-order valence-corrected chi connectivity index (χ3v) is 3.73. The van der Waals surface area contributed by atoms with Crippen molar-refractivity contribution in [3.05, 3.63) is 76.0 Å². The Hall–Kier alpha value is -3.42. The molecule has 0 fully saturated rings. The highest BCUT2D eigenvalue weighted by atomic mass is 19.1. The molecule has 0 N–H and O–H groups in total. The molecule has 1 aromatic carbocycles. The van der Waals surface area contributed by atoms with E-state index in [1.54, 1.807) is 0 Å². The van der Waals surface area contributed by atoms with E-state index in [2.05, 4.69) is 16.3 Å². The van der Waals surface area contributed by atoms with Gasteiger partial charge in [-0.3, -0.25) is 9.36 Å². The number of aromatic nitrogens is 2. The first-order chi connectivity index (χ1) is 12.4. The summed E-state index contributed by atoms with van der Waals surface area (Å²) < 4.78 is 47.2. The smallest absolute Gasteiger partial charge is 0.343 e. The lowest BCUT2D eigenvalue weighted by Gasteiger charge is -2.14. The molecule has 3 rings (SSSR count). The second-order valence-electron chi connectivity index (χ2n) is 5.26. The average Bonchev–Trinajstić information content (AvgIpc) is 2.62. The second kappa shape index (κ2) is 6.47. The van der Waals surface area contributed by atoms with Gasteiger partial charge in [-0.25, -0.2) is 22.9 Å². The molecule has 2 aromatic heterocycles. The van der Waals surface area contributed by atoms with Crippen LogP contribution in [0.2, 0.25) is 0 Å². The SMILES string of the molecule is C=Cc1nc2c(cc1F)c(=O)c(C(=O)OC)cn2-c1ccc(F)cc1F. The molecular weight excluding hydrogens is 349 g/mol. The van der Waals surface area contributed by atoms with Crippen molar-refractivity contribution in [1.82, 2.24) is 9.55 Å². The number of rotatable bonds is 3. The Morgan fingerprint density at radius 2 is 1.96 bits per heavy atom. The first-order valence-corrected chi connectivity index (χ1v) is 7.29. The molecule has 132 valence electrons. The number of ether oxygens (including phenoxy) is 1. The van der Waals surface area contributed by atoms with Crippen LogP contribution in [-0.4, -0.2) is 22.6 Å². The van der Waals surface area contributed by atoms with Gasteiger partial charge in [0.25, 0.3) is 0 Å². The van der Waals surface area contributed by atoms with Crippen molar-refractivity contribution >= 4 is 23.1 Å². The van der Waals surface area contributed by atoms with Gasteiger partial charge in [0.2, 0.25) is 5.43 Å². The van der Waals surface area contributed by atoms with E-state index in [9.17, 15) is 22.8 Å². The van der Waals surface area contributed by atoms with Crippen LogP contribution in [0.1, 0.15) is 16.1 Å². The van der Waals surface area contributed by atoms with E-state index in [0.717, 1.165) is 42.1 Å². The Labute approximate surface area is 145 Å². The van der Waals surface area contributed by atoms with Crippen LogP contribution in [-0.2, 0) is 4.74 Å². The number of hydrogen-bond donors (Lipinski definition) is 0. The predicted molar refractivity (Wildman–Crippen MR) is 88.6 cm³/mol. The average molecular weight is 360 g/mol. The van der Waals surface area contributed by atoms with Gasteiger partial charge < -0.3 is 4.74 Å². The highest BCUT2D eigenvalue weighted by Gasteiger charge is 2.20. The number of hydrogen-bond acceptors (Lipinski definition) is 4. The quantitative estimate of drug-likeness (QED) is 0.673. The Kier molecular flexibility index (Phi) is 4.33. The summed E-state index contributed by atoms with van der Waals surface area (Å²) in [5.41, 5.74) is -1.75. The van der Waals surface area contributed by atoms with Crippen LogP contribution in [0.5, 0.6) is 0 Å². The van der Waals surface area contributed by atoms with Crippen molar-refractivity contribution in [2.24, 2.45) is 0 Å². The van der Waals surface area contributed by atoms with Gasteiger partial charge >= 0.3 is 5.97 Å². The largest absolute Gasteiger partial charge is 0.465 e. The normalized spacial score (nSPS) is 10.8. The molecule has 0 radical (unpaired) electrons. The minimum Gasteiger partial charge on any atom is -0.465 e. The zero-order chi connectivity index (χ0) is 19.0. The summed E-state index contributed by atoms with van der Waals surface area (Å²) in [7, 11) is 1.06. The molecule has 0 unspecified atom stereocenters. The van der Waals surface area contributed by atoms with E-state index >= 15 is 0 Å². The summed E-state index contributed by atoms with van der Waals surface area (Å²) in [5, 5.41) is -0.264. The van der Waals surface area contributed by atoms with E-state index in [-0.39, 0.29) is 22.4 Å². The first kappa shape index (κ1) is 17.4. The molecule has 0 aliphatic rings. The molecule has 5 nitrogen and oxygen atoms in total. The fourth-order valence-corrected chi connectivity index (χ4v) is 2.50. The van der Waals surface area contributed by atoms with Gasteiger partial charge in [-0.05, 0) is 24.3 Å². The minimum atomic E-state index is -0.985. The molecule has 0 saturated heterocycles. The maximum absolute atomic E-state index is 14.3. The second-order valence-corrected chi connectivity index (χ2v) is 5.26. The van der Waals surface area contributed by atoms with Gasteiger partial charge in [-0.15, -0.1) is 0 Å². The number of methoxy groups -OCH3 is 1. The van der Waals surface area contributed by atoms with Crippen molar-refractivity contribution in [3.63, 3.8) is 0 Å². The Balaban J connectivity index is 2.50. The zero-order valence-corrected chi connectivity index (χ0v) is 13.4. The van der Waals surface area contributed by atoms with Crippen LogP contribution >= 0.6 is 0 Å².